The number of hydrogen-bond donors (Lipinski definition) is 1. The molecule has 0 aromatic heterocycles. The van der Waals surface area contributed by atoms with Gasteiger partial charge in [0.15, 0.2) is 5.78 Å². The van der Waals surface area contributed by atoms with Crippen molar-refractivity contribution in [3.8, 4) is 0 Å². The number of rotatable bonds is 5. The van der Waals surface area contributed by atoms with Crippen molar-refractivity contribution in [3.63, 3.8) is 0 Å². The fourth-order valence-corrected chi connectivity index (χ4v) is 1.62. The van der Waals surface area contributed by atoms with Gasteiger partial charge in [-0.1, -0.05) is 18.2 Å². The topological polar surface area (TPSA) is 43.1 Å². The van der Waals surface area contributed by atoms with E-state index in [4.69, 9.17) is 5.73 Å². The van der Waals surface area contributed by atoms with Crippen LogP contribution in [0.15, 0.2) is 24.3 Å². The van der Waals surface area contributed by atoms with E-state index in [9.17, 15) is 9.18 Å². The average Bonchev–Trinajstić information content (AvgIpc) is 2.16. The smallest absolute Gasteiger partial charge is 0.164 e. The van der Waals surface area contributed by atoms with Gasteiger partial charge in [-0.3, -0.25) is 4.79 Å². The number of carbonyl (C=O) groups excluding carboxylic acids is 1. The molecule has 0 radical (unpaired) electrons. The highest BCUT2D eigenvalue weighted by Gasteiger charge is 2.16. The molecule has 0 atom stereocenters. The Hall–Kier alpha value is -1.22. The van der Waals surface area contributed by atoms with Gasteiger partial charge in [-0.05, 0) is 32.0 Å². The molecule has 0 fully saturated rings. The van der Waals surface area contributed by atoms with E-state index in [1.807, 2.05) is 6.07 Å². The monoisotopic (exact) mass is 223 g/mol. The summed E-state index contributed by atoms with van der Waals surface area (Å²) in [7, 11) is 0. The molecular weight excluding hydrogens is 205 g/mol. The molecular formula is C13H18FNO. The normalized spacial score (nSPS) is 11.5. The zero-order valence-corrected chi connectivity index (χ0v) is 9.79. The van der Waals surface area contributed by atoms with Crippen molar-refractivity contribution < 1.29 is 9.18 Å². The van der Waals surface area contributed by atoms with Gasteiger partial charge < -0.3 is 5.73 Å². The maximum Gasteiger partial charge on any atom is 0.164 e. The summed E-state index contributed by atoms with van der Waals surface area (Å²) < 4.78 is 13.5. The Kier molecular flexibility index (Phi) is 4.19. The average molecular weight is 223 g/mol. The lowest BCUT2D eigenvalue weighted by Crippen LogP contribution is -2.16. The fourth-order valence-electron chi connectivity index (χ4n) is 1.62. The lowest BCUT2D eigenvalue weighted by atomic mass is 9.97. The van der Waals surface area contributed by atoms with Gasteiger partial charge in [0, 0.05) is 18.4 Å². The summed E-state index contributed by atoms with van der Waals surface area (Å²) in [6, 6.07) is 7.11. The molecule has 0 aliphatic rings. The number of ketones is 1. The van der Waals surface area contributed by atoms with E-state index in [-0.39, 0.29) is 5.78 Å². The number of hydrogen-bond acceptors (Lipinski definition) is 2. The van der Waals surface area contributed by atoms with Crippen molar-refractivity contribution >= 4 is 5.78 Å². The first-order valence-electron chi connectivity index (χ1n) is 5.43. The Morgan fingerprint density at radius 2 is 2.12 bits per heavy atom. The van der Waals surface area contributed by atoms with E-state index in [0.29, 0.717) is 24.9 Å². The Morgan fingerprint density at radius 3 is 2.69 bits per heavy atom. The first-order chi connectivity index (χ1) is 7.42. The summed E-state index contributed by atoms with van der Waals surface area (Å²) in [4.78, 5) is 11.6. The van der Waals surface area contributed by atoms with Crippen LogP contribution in [-0.2, 0) is 6.42 Å². The zero-order chi connectivity index (χ0) is 12.2. The van der Waals surface area contributed by atoms with Crippen molar-refractivity contribution in [2.24, 2.45) is 5.73 Å². The molecule has 0 amide bonds. The van der Waals surface area contributed by atoms with E-state index in [2.05, 4.69) is 0 Å². The second kappa shape index (κ2) is 5.21. The first-order valence-corrected chi connectivity index (χ1v) is 5.43. The molecule has 1 rings (SSSR count). The Morgan fingerprint density at radius 1 is 1.44 bits per heavy atom. The molecule has 0 spiro atoms. The quantitative estimate of drug-likeness (QED) is 0.779. The van der Waals surface area contributed by atoms with Crippen LogP contribution in [0.4, 0.5) is 4.39 Å². The number of nitrogens with two attached hydrogens (primary N) is 1. The van der Waals surface area contributed by atoms with Gasteiger partial charge in [-0.2, -0.15) is 0 Å². The summed E-state index contributed by atoms with van der Waals surface area (Å²) in [6.45, 7) is 3.40. The number of carbonyl (C=O) groups is 1. The van der Waals surface area contributed by atoms with Gasteiger partial charge in [0.25, 0.3) is 0 Å². The molecule has 0 unspecified atom stereocenters. The van der Waals surface area contributed by atoms with Crippen molar-refractivity contribution in [2.45, 2.75) is 32.4 Å². The largest absolute Gasteiger partial charge is 0.330 e. The van der Waals surface area contributed by atoms with Gasteiger partial charge in [-0.15, -0.1) is 0 Å². The third-order valence-electron chi connectivity index (χ3n) is 2.24. The highest BCUT2D eigenvalue weighted by molar-refractivity contribution is 5.96. The molecule has 0 heterocycles. The minimum atomic E-state index is -1.25. The second-order valence-electron chi connectivity index (χ2n) is 4.56. The third kappa shape index (κ3) is 4.11. The van der Waals surface area contributed by atoms with Crippen LogP contribution >= 0.6 is 0 Å². The van der Waals surface area contributed by atoms with Crippen LogP contribution in [-0.4, -0.2) is 18.0 Å². The molecule has 2 nitrogen and oxygen atoms in total. The van der Waals surface area contributed by atoms with Crippen LogP contribution in [0, 0.1) is 0 Å². The molecule has 0 saturated heterocycles. The van der Waals surface area contributed by atoms with Gasteiger partial charge >= 0.3 is 0 Å². The molecule has 1 aromatic carbocycles. The SMILES string of the molecule is CC(C)(F)Cc1cccc(C(=O)CCN)c1. The lowest BCUT2D eigenvalue weighted by Gasteiger charge is -2.14. The number of halogens is 1. The van der Waals surface area contributed by atoms with Crippen molar-refractivity contribution in [1.29, 1.82) is 0 Å². The number of benzene rings is 1. The van der Waals surface area contributed by atoms with Gasteiger partial charge in [-0.25, -0.2) is 4.39 Å². The molecule has 88 valence electrons. The third-order valence-corrected chi connectivity index (χ3v) is 2.24. The van der Waals surface area contributed by atoms with Crippen LogP contribution in [0.25, 0.3) is 0 Å². The predicted molar refractivity (Wildman–Crippen MR) is 63.3 cm³/mol. The van der Waals surface area contributed by atoms with E-state index in [1.54, 1.807) is 18.2 Å². The van der Waals surface area contributed by atoms with Crippen molar-refractivity contribution in [3.05, 3.63) is 35.4 Å². The standard InChI is InChI=1S/C13H18FNO/c1-13(2,14)9-10-4-3-5-11(8-10)12(16)6-7-15/h3-5,8H,6-7,9,15H2,1-2H3. The molecule has 0 saturated carbocycles. The van der Waals surface area contributed by atoms with Crippen LogP contribution < -0.4 is 5.73 Å². The van der Waals surface area contributed by atoms with Gasteiger partial charge in [0.2, 0.25) is 0 Å². The van der Waals surface area contributed by atoms with Crippen molar-refractivity contribution in [1.82, 2.24) is 0 Å². The minimum Gasteiger partial charge on any atom is -0.330 e. The molecule has 1 aromatic rings. The van der Waals surface area contributed by atoms with Gasteiger partial charge in [0.1, 0.15) is 5.67 Å². The van der Waals surface area contributed by atoms with E-state index < -0.39 is 5.67 Å². The van der Waals surface area contributed by atoms with Gasteiger partial charge in [0.05, 0.1) is 0 Å². The Labute approximate surface area is 95.7 Å². The zero-order valence-electron chi connectivity index (χ0n) is 9.79. The summed E-state index contributed by atoms with van der Waals surface area (Å²) >= 11 is 0. The van der Waals surface area contributed by atoms with Crippen LogP contribution in [0.3, 0.4) is 0 Å². The molecule has 0 aliphatic carbocycles. The van der Waals surface area contributed by atoms with Crippen LogP contribution in [0.1, 0.15) is 36.2 Å². The Balaban J connectivity index is 2.83. The fraction of sp³-hybridized carbons (Fsp3) is 0.462. The highest BCUT2D eigenvalue weighted by atomic mass is 19.1. The maximum absolute atomic E-state index is 13.5. The second-order valence-corrected chi connectivity index (χ2v) is 4.56. The highest BCUT2D eigenvalue weighted by Crippen LogP contribution is 2.18. The number of alkyl halides is 1. The molecule has 0 bridgehead atoms. The van der Waals surface area contributed by atoms with E-state index in [0.717, 1.165) is 5.56 Å². The molecule has 2 N–H and O–H groups in total. The Bertz CT molecular complexity index is 368. The predicted octanol–water partition coefficient (Wildman–Crippen LogP) is 2.51. The van der Waals surface area contributed by atoms with E-state index in [1.165, 1.54) is 13.8 Å². The molecule has 0 aliphatic heterocycles. The first kappa shape index (κ1) is 12.8. The maximum atomic E-state index is 13.5. The minimum absolute atomic E-state index is 0.0148. The summed E-state index contributed by atoms with van der Waals surface area (Å²) in [5, 5.41) is 0. The summed E-state index contributed by atoms with van der Waals surface area (Å²) in [5.74, 6) is 0.0148. The van der Waals surface area contributed by atoms with E-state index >= 15 is 0 Å². The van der Waals surface area contributed by atoms with Crippen LogP contribution in [0.2, 0.25) is 0 Å². The van der Waals surface area contributed by atoms with Crippen molar-refractivity contribution in [2.75, 3.05) is 6.54 Å². The summed E-state index contributed by atoms with van der Waals surface area (Å²) in [5.41, 5.74) is 5.53. The van der Waals surface area contributed by atoms with Crippen LogP contribution in [0.5, 0.6) is 0 Å². The molecule has 16 heavy (non-hydrogen) atoms. The molecule has 3 heteroatoms. The summed E-state index contributed by atoms with van der Waals surface area (Å²) in [6.07, 6.45) is 0.652. The number of Topliss-reactive ketones (excluding diaryl/α,β-unsaturated/α-hetero) is 1. The lowest BCUT2D eigenvalue weighted by molar-refractivity contribution is 0.0985.